The number of sulfone groups is 1. The maximum absolute atomic E-state index is 12.3. The highest BCUT2D eigenvalue weighted by atomic mass is 32.2. The highest BCUT2D eigenvalue weighted by Gasteiger charge is 2.41. The summed E-state index contributed by atoms with van der Waals surface area (Å²) in [7, 11) is -3.34. The minimum Gasteiger partial charge on any atom is -0.455 e. The second kappa shape index (κ2) is 8.02. The lowest BCUT2D eigenvalue weighted by Crippen LogP contribution is -2.39. The Balaban J connectivity index is 1.91. The third kappa shape index (κ3) is 4.51. The Bertz CT molecular complexity index is 956. The quantitative estimate of drug-likeness (QED) is 0.689. The fraction of sp³-hybridized carbons (Fsp3) is 0.300. The van der Waals surface area contributed by atoms with E-state index in [1.165, 1.54) is 24.0 Å². The zero-order valence-electron chi connectivity index (χ0n) is 15.6. The summed E-state index contributed by atoms with van der Waals surface area (Å²) < 4.78 is 34.1. The lowest BCUT2D eigenvalue weighted by Gasteiger charge is -2.29. The van der Waals surface area contributed by atoms with Gasteiger partial charge in [0.1, 0.15) is 12.6 Å². The average Bonchev–Trinajstić information content (AvgIpc) is 3.00. The van der Waals surface area contributed by atoms with Gasteiger partial charge in [0.15, 0.2) is 15.9 Å². The van der Waals surface area contributed by atoms with Gasteiger partial charge in [0.2, 0.25) is 0 Å². The number of nitrogens with zero attached hydrogens (tertiary/aromatic N) is 1. The van der Waals surface area contributed by atoms with Crippen LogP contribution >= 0.6 is 0 Å². The van der Waals surface area contributed by atoms with Crippen LogP contribution < -0.4 is 0 Å². The predicted molar refractivity (Wildman–Crippen MR) is 101 cm³/mol. The minimum atomic E-state index is -3.34. The van der Waals surface area contributed by atoms with Gasteiger partial charge in [-0.1, -0.05) is 42.5 Å². The first-order valence-corrected chi connectivity index (χ1v) is 10.6. The third-order valence-corrected chi connectivity index (χ3v) is 5.62. The summed E-state index contributed by atoms with van der Waals surface area (Å²) in [4.78, 5) is 25.7. The Hall–Kier alpha value is -2.87. The number of carbonyl (C=O) groups excluding carboxylic acids is 2. The first-order valence-electron chi connectivity index (χ1n) is 8.70. The van der Waals surface area contributed by atoms with Crippen molar-refractivity contribution in [2.24, 2.45) is 0 Å². The number of cyclic esters (lactones) is 1. The maximum atomic E-state index is 12.3. The van der Waals surface area contributed by atoms with E-state index in [-0.39, 0.29) is 11.5 Å². The van der Waals surface area contributed by atoms with Gasteiger partial charge in [0, 0.05) is 19.7 Å². The van der Waals surface area contributed by atoms with Crippen LogP contribution in [0, 0.1) is 0 Å². The van der Waals surface area contributed by atoms with Gasteiger partial charge in [-0.25, -0.2) is 13.2 Å². The van der Waals surface area contributed by atoms with Gasteiger partial charge in [-0.2, -0.15) is 0 Å². The number of carbonyl (C=O) groups is 2. The Morgan fingerprint density at radius 2 is 1.82 bits per heavy atom. The molecule has 1 fully saturated rings. The predicted octanol–water partition coefficient (Wildman–Crippen LogP) is 2.72. The number of rotatable bonds is 6. The van der Waals surface area contributed by atoms with E-state index >= 15 is 0 Å². The lowest BCUT2D eigenvalue weighted by molar-refractivity contribution is -0.149. The summed E-state index contributed by atoms with van der Waals surface area (Å²) in [5.41, 5.74) is 1.50. The van der Waals surface area contributed by atoms with Gasteiger partial charge in [-0.3, -0.25) is 9.69 Å². The zero-order chi connectivity index (χ0) is 20.3. The van der Waals surface area contributed by atoms with Crippen molar-refractivity contribution in [3.05, 3.63) is 65.7 Å². The lowest BCUT2D eigenvalue weighted by atomic mass is 10.0. The van der Waals surface area contributed by atoms with Crippen molar-refractivity contribution in [2.75, 3.05) is 12.9 Å². The van der Waals surface area contributed by atoms with Gasteiger partial charge >= 0.3 is 12.1 Å². The van der Waals surface area contributed by atoms with Crippen LogP contribution in [0.2, 0.25) is 0 Å². The molecular weight excluding hydrogens is 382 g/mol. The van der Waals surface area contributed by atoms with Crippen molar-refractivity contribution in [1.82, 2.24) is 4.90 Å². The van der Waals surface area contributed by atoms with Crippen molar-refractivity contribution in [3.63, 3.8) is 0 Å². The molecule has 28 heavy (non-hydrogen) atoms. The molecule has 7 nitrogen and oxygen atoms in total. The molecular formula is C20H21NO6S. The molecule has 0 aromatic heterocycles. The maximum Gasteiger partial charge on any atom is 0.410 e. The Kier molecular flexibility index (Phi) is 5.69. The summed E-state index contributed by atoms with van der Waals surface area (Å²) in [6.45, 7) is 1.66. The van der Waals surface area contributed by atoms with Gasteiger partial charge in [0.05, 0.1) is 4.90 Å². The second-order valence-electron chi connectivity index (χ2n) is 6.63. The highest BCUT2D eigenvalue weighted by Crippen LogP contribution is 2.31. The molecule has 0 bridgehead atoms. The topological polar surface area (TPSA) is 90.0 Å². The molecule has 1 amide bonds. The van der Waals surface area contributed by atoms with E-state index in [2.05, 4.69) is 0 Å². The van der Waals surface area contributed by atoms with Crippen LogP contribution in [0.5, 0.6) is 0 Å². The molecule has 1 heterocycles. The fourth-order valence-electron chi connectivity index (χ4n) is 3.13. The van der Waals surface area contributed by atoms with E-state index in [9.17, 15) is 18.0 Å². The van der Waals surface area contributed by atoms with E-state index in [0.717, 1.165) is 11.8 Å². The number of esters is 1. The molecule has 1 saturated heterocycles. The monoisotopic (exact) mass is 403 g/mol. The van der Waals surface area contributed by atoms with E-state index < -0.39 is 34.0 Å². The normalized spacial score (nSPS) is 17.9. The van der Waals surface area contributed by atoms with Crippen LogP contribution in [0.4, 0.5) is 4.79 Å². The van der Waals surface area contributed by atoms with Crippen molar-refractivity contribution in [2.45, 2.75) is 30.5 Å². The molecule has 0 spiro atoms. The van der Waals surface area contributed by atoms with E-state index in [1.54, 1.807) is 12.1 Å². The molecule has 1 aliphatic heterocycles. The minimum absolute atomic E-state index is 0.0669. The van der Waals surface area contributed by atoms with Gasteiger partial charge in [0.25, 0.3) is 0 Å². The first kappa shape index (κ1) is 19.9. The molecule has 1 aliphatic rings. The van der Waals surface area contributed by atoms with Crippen LogP contribution in [0.3, 0.4) is 0 Å². The molecule has 148 valence electrons. The van der Waals surface area contributed by atoms with Crippen LogP contribution in [-0.2, 0) is 30.7 Å². The van der Waals surface area contributed by atoms with Crippen molar-refractivity contribution >= 4 is 21.9 Å². The summed E-state index contributed by atoms with van der Waals surface area (Å²) >= 11 is 0. The molecule has 0 radical (unpaired) electrons. The third-order valence-electron chi connectivity index (χ3n) is 4.49. The molecule has 0 unspecified atom stereocenters. The van der Waals surface area contributed by atoms with E-state index in [0.29, 0.717) is 12.1 Å². The zero-order valence-corrected chi connectivity index (χ0v) is 16.4. The summed E-state index contributed by atoms with van der Waals surface area (Å²) in [6.07, 6.45) is -0.142. The number of hydrogen-bond donors (Lipinski definition) is 0. The Morgan fingerprint density at radius 3 is 2.39 bits per heavy atom. The SMILES string of the molecule is CC(=O)O[C@H](c1ccc(S(C)(=O)=O)cc1)[C@H]1COC(=O)N1Cc1ccccc1. The summed E-state index contributed by atoms with van der Waals surface area (Å²) in [5.74, 6) is -0.504. The van der Waals surface area contributed by atoms with Crippen LogP contribution in [0.25, 0.3) is 0 Å². The Morgan fingerprint density at radius 1 is 1.18 bits per heavy atom. The van der Waals surface area contributed by atoms with Crippen LogP contribution in [0.15, 0.2) is 59.5 Å². The molecule has 0 aliphatic carbocycles. The highest BCUT2D eigenvalue weighted by molar-refractivity contribution is 7.90. The Labute approximate surface area is 163 Å². The van der Waals surface area contributed by atoms with Gasteiger partial charge < -0.3 is 9.47 Å². The molecule has 2 atom stereocenters. The number of ether oxygens (including phenoxy) is 2. The molecule has 2 aromatic carbocycles. The van der Waals surface area contributed by atoms with E-state index in [4.69, 9.17) is 9.47 Å². The summed E-state index contributed by atoms with van der Waals surface area (Å²) in [5, 5.41) is 0. The standard InChI is InChI=1S/C20H21NO6S/c1-14(22)27-19(16-8-10-17(11-9-16)28(2,24)25)18-13-26-20(23)21(18)12-15-6-4-3-5-7-15/h3-11,18-19H,12-13H2,1-2H3/t18-,19-/m1/s1. The average molecular weight is 403 g/mol. The smallest absolute Gasteiger partial charge is 0.410 e. The molecule has 8 heteroatoms. The van der Waals surface area contributed by atoms with Crippen molar-refractivity contribution in [3.8, 4) is 0 Å². The second-order valence-corrected chi connectivity index (χ2v) is 8.64. The molecule has 0 saturated carbocycles. The number of hydrogen-bond acceptors (Lipinski definition) is 6. The molecule has 2 aromatic rings. The van der Waals surface area contributed by atoms with Gasteiger partial charge in [-0.05, 0) is 23.3 Å². The van der Waals surface area contributed by atoms with Crippen LogP contribution in [-0.4, -0.2) is 44.3 Å². The van der Waals surface area contributed by atoms with Gasteiger partial charge in [-0.15, -0.1) is 0 Å². The van der Waals surface area contributed by atoms with E-state index in [1.807, 2.05) is 30.3 Å². The number of benzene rings is 2. The van der Waals surface area contributed by atoms with Crippen molar-refractivity contribution in [1.29, 1.82) is 0 Å². The van der Waals surface area contributed by atoms with Crippen molar-refractivity contribution < 1.29 is 27.5 Å². The largest absolute Gasteiger partial charge is 0.455 e. The number of amides is 1. The van der Waals surface area contributed by atoms with Crippen LogP contribution in [0.1, 0.15) is 24.2 Å². The summed E-state index contributed by atoms with van der Waals surface area (Å²) in [6, 6.07) is 15.0. The first-order chi connectivity index (χ1) is 13.3. The fourth-order valence-corrected chi connectivity index (χ4v) is 3.76. The molecule has 0 N–H and O–H groups in total. The molecule has 3 rings (SSSR count).